The Bertz CT molecular complexity index is 764. The molecule has 2 aromatic carbocycles. The van der Waals surface area contributed by atoms with Crippen molar-refractivity contribution >= 4 is 5.91 Å². The van der Waals surface area contributed by atoms with E-state index in [1.165, 1.54) is 12.1 Å². The van der Waals surface area contributed by atoms with Gasteiger partial charge < -0.3 is 15.4 Å². The number of benzene rings is 2. The lowest BCUT2D eigenvalue weighted by molar-refractivity contribution is -0.131. The average Bonchev–Trinajstić information content (AvgIpc) is 3.05. The molecule has 1 amide bonds. The van der Waals surface area contributed by atoms with E-state index < -0.39 is 0 Å². The van der Waals surface area contributed by atoms with Gasteiger partial charge >= 0.3 is 0 Å². The standard InChI is InChI=1S/C21H26FN3O2/c1-24(11-15-3-7-17(22)8-4-15)14-21(26)25-12-19(20(23)13-25)16-5-9-18(27-2)10-6-16/h3-10,19-20H,11-14,23H2,1-2H3/t19-,20+/m1/s1. The molecule has 1 aliphatic rings. The maximum absolute atomic E-state index is 13.0. The molecule has 2 aromatic rings. The van der Waals surface area contributed by atoms with Crippen LogP contribution in [0.2, 0.25) is 0 Å². The topological polar surface area (TPSA) is 58.8 Å². The van der Waals surface area contributed by atoms with Crippen LogP contribution >= 0.6 is 0 Å². The molecule has 0 aromatic heterocycles. The van der Waals surface area contributed by atoms with Crippen molar-refractivity contribution in [2.45, 2.75) is 18.5 Å². The van der Waals surface area contributed by atoms with Gasteiger partial charge in [-0.15, -0.1) is 0 Å². The third-order valence-corrected chi connectivity index (χ3v) is 5.03. The zero-order valence-corrected chi connectivity index (χ0v) is 15.8. The van der Waals surface area contributed by atoms with Crippen molar-refractivity contribution in [1.29, 1.82) is 0 Å². The average molecular weight is 371 g/mol. The largest absolute Gasteiger partial charge is 0.497 e. The molecule has 1 saturated heterocycles. The Morgan fingerprint density at radius 1 is 1.19 bits per heavy atom. The van der Waals surface area contributed by atoms with E-state index >= 15 is 0 Å². The molecule has 2 atom stereocenters. The fraction of sp³-hybridized carbons (Fsp3) is 0.381. The van der Waals surface area contributed by atoms with E-state index in [0.717, 1.165) is 16.9 Å². The minimum atomic E-state index is -0.256. The Morgan fingerprint density at radius 3 is 2.48 bits per heavy atom. The zero-order chi connectivity index (χ0) is 19.4. The zero-order valence-electron chi connectivity index (χ0n) is 15.8. The molecule has 3 rings (SSSR count). The number of carbonyl (C=O) groups is 1. The Kier molecular flexibility index (Phi) is 6.08. The lowest BCUT2D eigenvalue weighted by Crippen LogP contribution is -2.38. The van der Waals surface area contributed by atoms with Gasteiger partial charge in [-0.1, -0.05) is 24.3 Å². The summed E-state index contributed by atoms with van der Waals surface area (Å²) in [5.74, 6) is 0.738. The summed E-state index contributed by atoms with van der Waals surface area (Å²) in [6, 6.07) is 14.1. The number of hydrogen-bond donors (Lipinski definition) is 1. The van der Waals surface area contributed by atoms with Gasteiger partial charge in [0.05, 0.1) is 13.7 Å². The van der Waals surface area contributed by atoms with E-state index in [0.29, 0.717) is 26.2 Å². The predicted molar refractivity (Wildman–Crippen MR) is 103 cm³/mol. The van der Waals surface area contributed by atoms with E-state index in [1.807, 2.05) is 41.1 Å². The van der Waals surface area contributed by atoms with Gasteiger partial charge in [0, 0.05) is 31.6 Å². The van der Waals surface area contributed by atoms with Crippen LogP contribution in [0.3, 0.4) is 0 Å². The molecule has 0 bridgehead atoms. The highest BCUT2D eigenvalue weighted by molar-refractivity contribution is 5.78. The molecule has 144 valence electrons. The number of halogens is 1. The van der Waals surface area contributed by atoms with Crippen LogP contribution in [-0.4, -0.2) is 55.5 Å². The minimum Gasteiger partial charge on any atom is -0.497 e. The van der Waals surface area contributed by atoms with Gasteiger partial charge in [-0.25, -0.2) is 4.39 Å². The van der Waals surface area contributed by atoms with Crippen LogP contribution in [-0.2, 0) is 11.3 Å². The van der Waals surface area contributed by atoms with Crippen LogP contribution < -0.4 is 10.5 Å². The number of likely N-dealkylation sites (N-methyl/N-ethyl adjacent to an activating group) is 1. The number of nitrogens with two attached hydrogens (primary N) is 1. The van der Waals surface area contributed by atoms with Crippen LogP contribution in [0.15, 0.2) is 48.5 Å². The first kappa shape index (κ1) is 19.3. The van der Waals surface area contributed by atoms with Crippen LogP contribution in [0.5, 0.6) is 5.75 Å². The lowest BCUT2D eigenvalue weighted by Gasteiger charge is -2.21. The van der Waals surface area contributed by atoms with Crippen molar-refractivity contribution in [2.75, 3.05) is 33.8 Å². The maximum Gasteiger partial charge on any atom is 0.236 e. The summed E-state index contributed by atoms with van der Waals surface area (Å²) < 4.78 is 18.2. The molecule has 2 N–H and O–H groups in total. The molecule has 1 heterocycles. The highest BCUT2D eigenvalue weighted by Crippen LogP contribution is 2.28. The van der Waals surface area contributed by atoms with Crippen LogP contribution in [0.1, 0.15) is 17.0 Å². The van der Waals surface area contributed by atoms with Crippen LogP contribution in [0, 0.1) is 5.82 Å². The summed E-state index contributed by atoms with van der Waals surface area (Å²) in [6.45, 7) is 2.07. The first-order valence-corrected chi connectivity index (χ1v) is 9.06. The molecule has 0 spiro atoms. The SMILES string of the molecule is COc1ccc([C@H]2CN(C(=O)CN(C)Cc3ccc(F)cc3)C[C@@H]2N)cc1. The second-order valence-electron chi connectivity index (χ2n) is 7.14. The normalized spacial score (nSPS) is 19.5. The molecule has 0 aliphatic carbocycles. The number of rotatable bonds is 6. The highest BCUT2D eigenvalue weighted by Gasteiger charge is 2.34. The predicted octanol–water partition coefficient (Wildman–Crippen LogP) is 2.22. The van der Waals surface area contributed by atoms with E-state index in [1.54, 1.807) is 19.2 Å². The first-order chi connectivity index (χ1) is 13.0. The highest BCUT2D eigenvalue weighted by atomic mass is 19.1. The number of amides is 1. The van der Waals surface area contributed by atoms with Gasteiger partial charge in [0.2, 0.25) is 5.91 Å². The summed E-state index contributed by atoms with van der Waals surface area (Å²) in [7, 11) is 3.53. The quantitative estimate of drug-likeness (QED) is 0.846. The summed E-state index contributed by atoms with van der Waals surface area (Å²) in [4.78, 5) is 16.4. The van der Waals surface area contributed by atoms with Crippen molar-refractivity contribution in [3.63, 3.8) is 0 Å². The molecule has 5 nitrogen and oxygen atoms in total. The number of methoxy groups -OCH3 is 1. The monoisotopic (exact) mass is 371 g/mol. The van der Waals surface area contributed by atoms with Crippen LogP contribution in [0.25, 0.3) is 0 Å². The molecule has 0 radical (unpaired) electrons. The number of ether oxygens (including phenoxy) is 1. The summed E-state index contributed by atoms with van der Waals surface area (Å²) >= 11 is 0. The fourth-order valence-electron chi connectivity index (χ4n) is 3.52. The summed E-state index contributed by atoms with van der Waals surface area (Å²) in [5, 5.41) is 0. The number of likely N-dealkylation sites (tertiary alicyclic amines) is 1. The van der Waals surface area contributed by atoms with Gasteiger partial charge in [0.25, 0.3) is 0 Å². The first-order valence-electron chi connectivity index (χ1n) is 9.06. The smallest absolute Gasteiger partial charge is 0.236 e. The Balaban J connectivity index is 1.56. The number of nitrogens with zero attached hydrogens (tertiary/aromatic N) is 2. The van der Waals surface area contributed by atoms with E-state index in [4.69, 9.17) is 10.5 Å². The number of carbonyl (C=O) groups excluding carboxylic acids is 1. The molecular weight excluding hydrogens is 345 g/mol. The Labute approximate surface area is 159 Å². The minimum absolute atomic E-state index is 0.0612. The van der Waals surface area contributed by atoms with Gasteiger partial charge in [-0.05, 0) is 42.4 Å². The van der Waals surface area contributed by atoms with Gasteiger partial charge in [0.15, 0.2) is 0 Å². The Morgan fingerprint density at radius 2 is 1.85 bits per heavy atom. The molecule has 1 aliphatic heterocycles. The molecular formula is C21H26FN3O2. The third kappa shape index (κ3) is 4.84. The maximum atomic E-state index is 13.0. The van der Waals surface area contributed by atoms with Gasteiger partial charge in [0.1, 0.15) is 11.6 Å². The molecule has 1 fully saturated rings. The van der Waals surface area contributed by atoms with Gasteiger partial charge in [-0.2, -0.15) is 0 Å². The second kappa shape index (κ2) is 8.50. The van der Waals surface area contributed by atoms with Crippen molar-refractivity contribution in [3.05, 3.63) is 65.5 Å². The van der Waals surface area contributed by atoms with Crippen molar-refractivity contribution in [2.24, 2.45) is 5.73 Å². The van der Waals surface area contributed by atoms with Gasteiger partial charge in [-0.3, -0.25) is 9.69 Å². The van der Waals surface area contributed by atoms with Crippen molar-refractivity contribution < 1.29 is 13.9 Å². The Hall–Kier alpha value is -2.44. The van der Waals surface area contributed by atoms with Crippen molar-refractivity contribution in [1.82, 2.24) is 9.80 Å². The lowest BCUT2D eigenvalue weighted by atomic mass is 9.95. The number of hydrogen-bond acceptors (Lipinski definition) is 4. The van der Waals surface area contributed by atoms with E-state index in [9.17, 15) is 9.18 Å². The third-order valence-electron chi connectivity index (χ3n) is 5.03. The molecule has 6 heteroatoms. The summed E-state index contributed by atoms with van der Waals surface area (Å²) in [5.41, 5.74) is 8.40. The second-order valence-corrected chi connectivity index (χ2v) is 7.14. The fourth-order valence-corrected chi connectivity index (χ4v) is 3.52. The van der Waals surface area contributed by atoms with Crippen LogP contribution in [0.4, 0.5) is 4.39 Å². The molecule has 0 unspecified atom stereocenters. The van der Waals surface area contributed by atoms with Crippen molar-refractivity contribution in [3.8, 4) is 5.75 Å². The molecule has 0 saturated carbocycles. The van der Waals surface area contributed by atoms with E-state index in [2.05, 4.69) is 0 Å². The summed E-state index contributed by atoms with van der Waals surface area (Å²) in [6.07, 6.45) is 0. The van der Waals surface area contributed by atoms with E-state index in [-0.39, 0.29) is 23.7 Å². The molecule has 27 heavy (non-hydrogen) atoms.